The number of aliphatic hydroxyl groups is 1. The lowest BCUT2D eigenvalue weighted by molar-refractivity contribution is -0.153. The van der Waals surface area contributed by atoms with Gasteiger partial charge in [0.2, 0.25) is 0 Å². The molecule has 3 aliphatic carbocycles. The topological polar surface area (TPSA) is 46.5 Å². The van der Waals surface area contributed by atoms with Crippen LogP contribution in [-0.4, -0.2) is 23.8 Å². The van der Waals surface area contributed by atoms with Crippen LogP contribution in [0.2, 0.25) is 0 Å². The van der Waals surface area contributed by atoms with Crippen molar-refractivity contribution in [3.63, 3.8) is 0 Å². The first-order valence-electron chi connectivity index (χ1n) is 6.70. The lowest BCUT2D eigenvalue weighted by Gasteiger charge is -2.58. The highest BCUT2D eigenvalue weighted by Crippen LogP contribution is 2.59. The second-order valence-corrected chi connectivity index (χ2v) is 7.27. The van der Waals surface area contributed by atoms with Gasteiger partial charge in [-0.05, 0) is 50.0 Å². The molecule has 18 heavy (non-hydrogen) atoms. The molecule has 0 saturated heterocycles. The molecule has 2 bridgehead atoms. The van der Waals surface area contributed by atoms with Crippen molar-refractivity contribution in [2.75, 3.05) is 6.61 Å². The van der Waals surface area contributed by atoms with E-state index in [9.17, 15) is 9.90 Å². The highest BCUT2D eigenvalue weighted by molar-refractivity contribution is 5.75. The number of ether oxygens (including phenoxy) is 1. The third-order valence-corrected chi connectivity index (χ3v) is 4.57. The fraction of sp³-hybridized carbons (Fsp3) is 0.800. The van der Waals surface area contributed by atoms with Crippen LogP contribution in [-0.2, 0) is 9.53 Å². The minimum atomic E-state index is -0.467. The van der Waals surface area contributed by atoms with Crippen LogP contribution < -0.4 is 0 Å². The summed E-state index contributed by atoms with van der Waals surface area (Å²) in [6.45, 7) is 10.3. The number of hydrogen-bond acceptors (Lipinski definition) is 3. The number of carbonyl (C=O) groups is 1. The first-order valence-corrected chi connectivity index (χ1v) is 6.70. The standard InChI is InChI=1S/C15H24O3/c1-14(2,3)13(17)18-8-9-6-12(16)11-7-10(9)15(11,4)5/h6,10-12,16H,7-8H2,1-5H3/t10-,11+,12+/m1/s1. The van der Waals surface area contributed by atoms with Crippen LogP contribution in [0.1, 0.15) is 41.0 Å². The zero-order valence-electron chi connectivity index (χ0n) is 12.0. The van der Waals surface area contributed by atoms with E-state index in [1.165, 1.54) is 0 Å². The molecule has 1 saturated carbocycles. The molecule has 1 N–H and O–H groups in total. The Bertz CT molecular complexity index is 387. The van der Waals surface area contributed by atoms with Crippen molar-refractivity contribution >= 4 is 5.97 Å². The molecule has 0 radical (unpaired) electrons. The summed E-state index contributed by atoms with van der Waals surface area (Å²) in [5.41, 5.74) is 0.760. The predicted molar refractivity (Wildman–Crippen MR) is 69.9 cm³/mol. The average Bonchev–Trinajstić information content (AvgIpc) is 2.23. The second-order valence-electron chi connectivity index (χ2n) is 7.27. The summed E-state index contributed by atoms with van der Waals surface area (Å²) in [4.78, 5) is 11.8. The van der Waals surface area contributed by atoms with Crippen molar-refractivity contribution in [2.24, 2.45) is 22.7 Å². The van der Waals surface area contributed by atoms with Gasteiger partial charge in [0.15, 0.2) is 0 Å². The Kier molecular flexibility index (Phi) is 3.09. The van der Waals surface area contributed by atoms with Crippen LogP contribution >= 0.6 is 0 Å². The zero-order valence-corrected chi connectivity index (χ0v) is 12.0. The van der Waals surface area contributed by atoms with Crippen LogP contribution in [0.4, 0.5) is 0 Å². The molecule has 0 amide bonds. The Morgan fingerprint density at radius 1 is 1.50 bits per heavy atom. The van der Waals surface area contributed by atoms with Gasteiger partial charge in [-0.3, -0.25) is 4.79 Å². The third kappa shape index (κ3) is 2.09. The van der Waals surface area contributed by atoms with Crippen molar-refractivity contribution in [3.8, 4) is 0 Å². The number of esters is 1. The van der Waals surface area contributed by atoms with E-state index in [1.54, 1.807) is 0 Å². The number of aliphatic hydroxyl groups excluding tert-OH is 1. The Balaban J connectivity index is 2.01. The molecule has 1 fully saturated rings. The van der Waals surface area contributed by atoms with E-state index >= 15 is 0 Å². The predicted octanol–water partition coefficient (Wildman–Crippen LogP) is 2.54. The molecule has 0 spiro atoms. The molecular formula is C15H24O3. The van der Waals surface area contributed by atoms with E-state index in [0.29, 0.717) is 18.4 Å². The minimum absolute atomic E-state index is 0.137. The first-order chi connectivity index (χ1) is 8.14. The smallest absolute Gasteiger partial charge is 0.311 e. The molecule has 0 aliphatic heterocycles. The fourth-order valence-electron chi connectivity index (χ4n) is 3.13. The Hall–Kier alpha value is -0.830. The average molecular weight is 252 g/mol. The van der Waals surface area contributed by atoms with Crippen molar-refractivity contribution in [1.29, 1.82) is 0 Å². The maximum absolute atomic E-state index is 11.8. The Morgan fingerprint density at radius 2 is 2.11 bits per heavy atom. The van der Waals surface area contributed by atoms with E-state index in [1.807, 2.05) is 26.8 Å². The largest absolute Gasteiger partial charge is 0.461 e. The molecule has 102 valence electrons. The SMILES string of the molecule is CC(C)(C)C(=O)OCC1=C[C@H](O)[C@@H]2C[C@H]1C2(C)C. The monoisotopic (exact) mass is 252 g/mol. The molecule has 3 heteroatoms. The molecule has 0 aromatic carbocycles. The Morgan fingerprint density at radius 3 is 2.56 bits per heavy atom. The van der Waals surface area contributed by atoms with Crippen LogP contribution in [0, 0.1) is 22.7 Å². The van der Waals surface area contributed by atoms with Crippen LogP contribution in [0.25, 0.3) is 0 Å². The first kappa shape index (κ1) is 13.6. The molecule has 0 heterocycles. The second kappa shape index (κ2) is 4.09. The van der Waals surface area contributed by atoms with Crippen LogP contribution in [0.5, 0.6) is 0 Å². The molecule has 0 unspecified atom stereocenters. The fourth-order valence-corrected chi connectivity index (χ4v) is 3.13. The van der Waals surface area contributed by atoms with E-state index in [2.05, 4.69) is 13.8 Å². The van der Waals surface area contributed by atoms with Gasteiger partial charge in [-0.1, -0.05) is 19.9 Å². The maximum Gasteiger partial charge on any atom is 0.311 e. The number of rotatable bonds is 2. The normalized spacial score (nSPS) is 33.4. The van der Waals surface area contributed by atoms with Gasteiger partial charge < -0.3 is 9.84 Å². The summed E-state index contributed by atoms with van der Waals surface area (Å²) in [6.07, 6.45) is 2.53. The molecule has 3 atom stereocenters. The van der Waals surface area contributed by atoms with Gasteiger partial charge in [0.1, 0.15) is 6.61 Å². The molecule has 0 aromatic rings. The van der Waals surface area contributed by atoms with Crippen molar-refractivity contribution in [2.45, 2.75) is 47.1 Å². The third-order valence-electron chi connectivity index (χ3n) is 4.57. The summed E-state index contributed by atoms with van der Waals surface area (Å²) < 4.78 is 5.36. The lowest BCUT2D eigenvalue weighted by atomic mass is 9.48. The van der Waals surface area contributed by atoms with Gasteiger partial charge >= 0.3 is 5.97 Å². The minimum Gasteiger partial charge on any atom is -0.461 e. The van der Waals surface area contributed by atoms with Crippen LogP contribution in [0.3, 0.4) is 0 Å². The molecule has 3 nitrogen and oxygen atoms in total. The molecule has 3 rings (SSSR count). The van der Waals surface area contributed by atoms with Crippen LogP contribution in [0.15, 0.2) is 11.6 Å². The highest BCUT2D eigenvalue weighted by atomic mass is 16.5. The van der Waals surface area contributed by atoms with Crippen molar-refractivity contribution in [1.82, 2.24) is 0 Å². The summed E-state index contributed by atoms with van der Waals surface area (Å²) in [5, 5.41) is 10.0. The van der Waals surface area contributed by atoms with E-state index in [4.69, 9.17) is 4.74 Å². The molecule has 0 aromatic heterocycles. The van der Waals surface area contributed by atoms with Gasteiger partial charge in [0.05, 0.1) is 11.5 Å². The van der Waals surface area contributed by atoms with Gasteiger partial charge in [-0.25, -0.2) is 0 Å². The maximum atomic E-state index is 11.8. The van der Waals surface area contributed by atoms with Crippen molar-refractivity contribution in [3.05, 3.63) is 11.6 Å². The van der Waals surface area contributed by atoms with Gasteiger partial charge in [-0.2, -0.15) is 0 Å². The van der Waals surface area contributed by atoms with Gasteiger partial charge in [0, 0.05) is 0 Å². The number of hydrogen-bond donors (Lipinski definition) is 1. The zero-order chi connectivity index (χ0) is 13.7. The number of carbonyl (C=O) groups excluding carboxylic acids is 1. The van der Waals surface area contributed by atoms with E-state index < -0.39 is 5.41 Å². The highest BCUT2D eigenvalue weighted by Gasteiger charge is 2.55. The molecular weight excluding hydrogens is 228 g/mol. The van der Waals surface area contributed by atoms with Gasteiger partial charge in [0.25, 0.3) is 0 Å². The summed E-state index contributed by atoms with van der Waals surface area (Å²) in [6, 6.07) is 0. The lowest BCUT2D eigenvalue weighted by Crippen LogP contribution is -2.54. The number of fused-ring (bicyclic) bond motifs is 1. The van der Waals surface area contributed by atoms with E-state index in [-0.39, 0.29) is 17.5 Å². The Labute approximate surface area is 109 Å². The molecule has 3 aliphatic rings. The van der Waals surface area contributed by atoms with Gasteiger partial charge in [-0.15, -0.1) is 0 Å². The summed E-state index contributed by atoms with van der Waals surface area (Å²) >= 11 is 0. The van der Waals surface area contributed by atoms with Crippen molar-refractivity contribution < 1.29 is 14.6 Å². The quantitative estimate of drug-likeness (QED) is 0.607. The summed E-state index contributed by atoms with van der Waals surface area (Å²) in [7, 11) is 0. The van der Waals surface area contributed by atoms with E-state index in [0.717, 1.165) is 12.0 Å². The summed E-state index contributed by atoms with van der Waals surface area (Å²) in [5.74, 6) is 0.639.